The van der Waals surface area contributed by atoms with Crippen LogP contribution >= 0.6 is 15.9 Å². The van der Waals surface area contributed by atoms with Crippen molar-refractivity contribution >= 4 is 23.2 Å². The van der Waals surface area contributed by atoms with Gasteiger partial charge in [-0.15, -0.1) is 0 Å². The summed E-state index contributed by atoms with van der Waals surface area (Å²) in [7, 11) is -6.00. The molecule has 4 aromatic rings. The van der Waals surface area contributed by atoms with E-state index in [4.69, 9.17) is 4.42 Å². The topological polar surface area (TPSA) is 11.3 Å². The first-order chi connectivity index (χ1) is 15.1. The Balaban J connectivity index is 0.000000523. The van der Waals surface area contributed by atoms with E-state index in [1.54, 1.807) is 0 Å². The summed E-state index contributed by atoms with van der Waals surface area (Å²) in [6, 6.07) is 29.5. The second-order valence-corrected chi connectivity index (χ2v) is 8.22. The lowest BCUT2D eigenvalue weighted by molar-refractivity contribution is 0.368. The quantitative estimate of drug-likeness (QED) is 0.154. The van der Waals surface area contributed by atoms with Crippen molar-refractivity contribution in [2.75, 3.05) is 0 Å². The molecule has 1 nitrogen and oxygen atoms in total. The number of hydrogen-bond acceptors (Lipinski definition) is 0. The van der Waals surface area contributed by atoms with Crippen molar-refractivity contribution in [2.45, 2.75) is 13.8 Å². The van der Waals surface area contributed by atoms with Gasteiger partial charge in [0, 0.05) is 10.0 Å². The Bertz CT molecular complexity index is 1010. The van der Waals surface area contributed by atoms with Crippen molar-refractivity contribution in [2.24, 2.45) is 0 Å². The van der Waals surface area contributed by atoms with Crippen LogP contribution in [0, 0.1) is 13.8 Å². The van der Waals surface area contributed by atoms with Gasteiger partial charge in [0.25, 0.3) is 0 Å². The highest BCUT2D eigenvalue weighted by molar-refractivity contribution is 9.10. The number of benzene rings is 3. The Hall–Kier alpha value is -2.93. The molecule has 3 aromatic carbocycles. The Labute approximate surface area is 193 Å². The maximum atomic E-state index is 9.75. The SMILES string of the molecule is Cc1ccc(-c2cc(-c3ccc(C)cc3)[o+]c(-c3ccc(Br)cc3)c2)cc1.F[B-](F)(F)F. The van der Waals surface area contributed by atoms with Crippen LogP contribution in [0.5, 0.6) is 0 Å². The summed E-state index contributed by atoms with van der Waals surface area (Å²) >= 11 is 3.50. The van der Waals surface area contributed by atoms with Crippen molar-refractivity contribution in [1.29, 1.82) is 0 Å². The van der Waals surface area contributed by atoms with Crippen LogP contribution in [0.25, 0.3) is 33.8 Å². The summed E-state index contributed by atoms with van der Waals surface area (Å²) < 4.78 is 46.4. The lowest BCUT2D eigenvalue weighted by Gasteiger charge is -2.03. The van der Waals surface area contributed by atoms with Crippen LogP contribution in [0.2, 0.25) is 0 Å². The number of aryl methyl sites for hydroxylation is 2. The molecule has 0 saturated carbocycles. The smallest absolute Gasteiger partial charge is 0.418 e. The van der Waals surface area contributed by atoms with Gasteiger partial charge >= 0.3 is 18.8 Å². The predicted octanol–water partition coefficient (Wildman–Crippen LogP) is 9.24. The van der Waals surface area contributed by atoms with E-state index in [9.17, 15) is 17.3 Å². The van der Waals surface area contributed by atoms with Gasteiger partial charge in [-0.25, -0.2) is 4.42 Å². The fourth-order valence-corrected chi connectivity index (χ4v) is 3.30. The molecular weight excluding hydrogens is 483 g/mol. The Morgan fingerprint density at radius 2 is 0.906 bits per heavy atom. The summed E-state index contributed by atoms with van der Waals surface area (Å²) in [5, 5.41) is 0. The van der Waals surface area contributed by atoms with E-state index in [0.717, 1.165) is 32.7 Å². The molecule has 32 heavy (non-hydrogen) atoms. The predicted molar refractivity (Wildman–Crippen MR) is 127 cm³/mol. The maximum absolute atomic E-state index is 9.75. The summed E-state index contributed by atoms with van der Waals surface area (Å²) in [5.41, 5.74) is 6.96. The van der Waals surface area contributed by atoms with E-state index in [1.807, 2.05) is 12.1 Å². The first kappa shape index (κ1) is 23.7. The van der Waals surface area contributed by atoms with E-state index in [1.165, 1.54) is 16.7 Å². The lowest BCUT2D eigenvalue weighted by Crippen LogP contribution is -2.02. The molecule has 7 heteroatoms. The van der Waals surface area contributed by atoms with Crippen molar-refractivity contribution in [3.63, 3.8) is 0 Å². The Kier molecular flexibility index (Phi) is 7.51. The average molecular weight is 503 g/mol. The fourth-order valence-electron chi connectivity index (χ4n) is 3.03. The molecule has 0 aliphatic heterocycles. The van der Waals surface area contributed by atoms with E-state index >= 15 is 0 Å². The summed E-state index contributed by atoms with van der Waals surface area (Å²) in [5.74, 6) is 1.72. The van der Waals surface area contributed by atoms with Crippen molar-refractivity contribution in [1.82, 2.24) is 0 Å². The van der Waals surface area contributed by atoms with Crippen molar-refractivity contribution in [3.8, 4) is 33.8 Å². The highest BCUT2D eigenvalue weighted by atomic mass is 79.9. The van der Waals surface area contributed by atoms with Gasteiger partial charge in [-0.3, -0.25) is 0 Å². The van der Waals surface area contributed by atoms with Crippen LogP contribution < -0.4 is 0 Å². The highest BCUT2D eigenvalue weighted by Gasteiger charge is 2.21. The largest absolute Gasteiger partial charge is 0.673 e. The minimum atomic E-state index is -6.00. The molecule has 0 N–H and O–H groups in total. The molecule has 0 spiro atoms. The van der Waals surface area contributed by atoms with Gasteiger partial charge in [0.2, 0.25) is 0 Å². The van der Waals surface area contributed by atoms with E-state index < -0.39 is 7.25 Å². The van der Waals surface area contributed by atoms with Gasteiger partial charge in [0.15, 0.2) is 0 Å². The molecule has 0 unspecified atom stereocenters. The van der Waals surface area contributed by atoms with Crippen molar-refractivity contribution < 1.29 is 21.7 Å². The average Bonchev–Trinajstić information content (AvgIpc) is 2.74. The van der Waals surface area contributed by atoms with E-state index in [-0.39, 0.29) is 0 Å². The molecule has 0 aliphatic rings. The van der Waals surface area contributed by atoms with Gasteiger partial charge < -0.3 is 17.3 Å². The summed E-state index contributed by atoms with van der Waals surface area (Å²) in [6.45, 7) is 4.20. The molecule has 164 valence electrons. The normalized spacial score (nSPS) is 11.0. The molecule has 0 bridgehead atoms. The Morgan fingerprint density at radius 1 is 0.562 bits per heavy atom. The summed E-state index contributed by atoms with van der Waals surface area (Å²) in [4.78, 5) is 0. The third kappa shape index (κ3) is 7.06. The number of hydrogen-bond donors (Lipinski definition) is 0. The van der Waals surface area contributed by atoms with Crippen LogP contribution in [0.4, 0.5) is 17.3 Å². The molecule has 0 atom stereocenters. The second kappa shape index (κ2) is 10.1. The standard InChI is InChI=1S/C25H20BrO.BF4/c1-17-3-7-19(8-4-17)22-15-24(20-9-5-18(2)6-10-20)27-25(16-22)21-11-13-23(26)14-12-21;2-1(3,4)5/h3-16H,1-2H3;/q+1;-1. The zero-order chi connectivity index (χ0) is 23.3. The number of halogens is 5. The molecule has 1 aromatic heterocycles. The molecule has 0 aliphatic carbocycles. The first-order valence-corrected chi connectivity index (χ1v) is 10.6. The molecule has 4 rings (SSSR count). The zero-order valence-corrected chi connectivity index (χ0v) is 19.0. The van der Waals surface area contributed by atoms with Crippen LogP contribution in [-0.4, -0.2) is 7.25 Å². The van der Waals surface area contributed by atoms with Crippen LogP contribution in [0.1, 0.15) is 11.1 Å². The molecule has 0 amide bonds. The molecule has 0 saturated heterocycles. The Morgan fingerprint density at radius 3 is 1.31 bits per heavy atom. The third-order valence-corrected chi connectivity index (χ3v) is 5.17. The van der Waals surface area contributed by atoms with Crippen LogP contribution in [0.3, 0.4) is 0 Å². The van der Waals surface area contributed by atoms with Gasteiger partial charge in [0.05, 0.1) is 23.3 Å². The third-order valence-electron chi connectivity index (χ3n) is 4.64. The van der Waals surface area contributed by atoms with Crippen molar-refractivity contribution in [3.05, 3.63) is 101 Å². The molecule has 0 fully saturated rings. The molecule has 1 heterocycles. The maximum Gasteiger partial charge on any atom is 0.673 e. The van der Waals surface area contributed by atoms with Gasteiger partial charge in [-0.05, 0) is 55.8 Å². The zero-order valence-electron chi connectivity index (χ0n) is 17.5. The van der Waals surface area contributed by atoms with E-state index in [2.05, 4.69) is 103 Å². The highest BCUT2D eigenvalue weighted by Crippen LogP contribution is 2.33. The molecule has 0 radical (unpaired) electrons. The monoisotopic (exact) mass is 502 g/mol. The fraction of sp³-hybridized carbons (Fsp3) is 0.0800. The molecular formula is C25H20BBrF4O. The number of rotatable bonds is 3. The van der Waals surface area contributed by atoms with Gasteiger partial charge in [-0.2, -0.15) is 0 Å². The minimum Gasteiger partial charge on any atom is -0.418 e. The van der Waals surface area contributed by atoms with Crippen LogP contribution in [0.15, 0.2) is 93.8 Å². The second-order valence-electron chi connectivity index (χ2n) is 7.31. The van der Waals surface area contributed by atoms with Gasteiger partial charge in [-0.1, -0.05) is 63.5 Å². The van der Waals surface area contributed by atoms with Gasteiger partial charge in [0.1, 0.15) is 0 Å². The summed E-state index contributed by atoms with van der Waals surface area (Å²) in [6.07, 6.45) is 0. The first-order valence-electron chi connectivity index (χ1n) is 9.84. The minimum absolute atomic E-state index is 0.858. The van der Waals surface area contributed by atoms with Crippen LogP contribution in [-0.2, 0) is 0 Å². The van der Waals surface area contributed by atoms with E-state index in [0.29, 0.717) is 0 Å². The lowest BCUT2D eigenvalue weighted by atomic mass is 10.0.